The molecule has 0 radical (unpaired) electrons. The van der Waals surface area contributed by atoms with Crippen molar-refractivity contribution in [3.63, 3.8) is 0 Å². The van der Waals surface area contributed by atoms with Gasteiger partial charge in [-0.3, -0.25) is 9.59 Å². The van der Waals surface area contributed by atoms with Gasteiger partial charge in [0.05, 0.1) is 13.0 Å². The number of carbonyl (C=O) groups is 2. The molecule has 5 heteroatoms. The van der Waals surface area contributed by atoms with Crippen molar-refractivity contribution < 1.29 is 14.3 Å². The molecule has 3 aromatic carbocycles. The molecule has 5 nitrogen and oxygen atoms in total. The molecular weight excluding hydrogens is 412 g/mol. The highest BCUT2D eigenvalue weighted by atomic mass is 16.5. The van der Waals surface area contributed by atoms with Gasteiger partial charge in [-0.2, -0.15) is 0 Å². The zero-order valence-electron chi connectivity index (χ0n) is 19.4. The number of rotatable bonds is 6. The van der Waals surface area contributed by atoms with E-state index in [4.69, 9.17) is 4.74 Å². The zero-order valence-corrected chi connectivity index (χ0v) is 19.4. The molecule has 1 aliphatic heterocycles. The first-order valence-corrected chi connectivity index (χ1v) is 11.3. The molecule has 2 unspecified atom stereocenters. The lowest BCUT2D eigenvalue weighted by atomic mass is 9.87. The third-order valence-corrected chi connectivity index (χ3v) is 6.48. The smallest absolute Gasteiger partial charge is 0.254 e. The van der Waals surface area contributed by atoms with Gasteiger partial charge in [0.15, 0.2) is 0 Å². The summed E-state index contributed by atoms with van der Waals surface area (Å²) in [5.74, 6) is 0.267. The molecule has 170 valence electrons. The van der Waals surface area contributed by atoms with Crippen LogP contribution in [0.1, 0.15) is 33.0 Å². The van der Waals surface area contributed by atoms with Crippen LogP contribution in [-0.2, 0) is 11.3 Å². The van der Waals surface area contributed by atoms with Gasteiger partial charge in [-0.05, 0) is 35.7 Å². The lowest BCUT2D eigenvalue weighted by Crippen LogP contribution is -2.36. The summed E-state index contributed by atoms with van der Waals surface area (Å²) in [4.78, 5) is 30.6. The van der Waals surface area contributed by atoms with Crippen LogP contribution in [0.4, 0.5) is 0 Å². The quantitative estimate of drug-likeness (QED) is 0.564. The number of hydrogen-bond acceptors (Lipinski definition) is 3. The Morgan fingerprint density at radius 2 is 1.61 bits per heavy atom. The molecule has 0 N–H and O–H groups in total. The predicted octanol–water partition coefficient (Wildman–Crippen LogP) is 4.52. The lowest BCUT2D eigenvalue weighted by molar-refractivity contribution is -0.134. The van der Waals surface area contributed by atoms with Crippen LogP contribution in [-0.4, -0.2) is 48.9 Å². The summed E-state index contributed by atoms with van der Waals surface area (Å²) in [6.07, 6.45) is 0. The van der Waals surface area contributed by atoms with E-state index in [9.17, 15) is 9.59 Å². The van der Waals surface area contributed by atoms with Crippen molar-refractivity contribution in [1.29, 1.82) is 0 Å². The Morgan fingerprint density at radius 3 is 2.33 bits per heavy atom. The van der Waals surface area contributed by atoms with Crippen LogP contribution in [0.3, 0.4) is 0 Å². The van der Waals surface area contributed by atoms with Crippen molar-refractivity contribution in [1.82, 2.24) is 9.80 Å². The van der Waals surface area contributed by atoms with Crippen molar-refractivity contribution in [2.45, 2.75) is 19.4 Å². The van der Waals surface area contributed by atoms with Crippen molar-refractivity contribution in [2.24, 2.45) is 5.92 Å². The first-order chi connectivity index (χ1) is 16.0. The second-order valence-corrected chi connectivity index (χ2v) is 8.66. The Kier molecular flexibility index (Phi) is 6.78. The maximum absolute atomic E-state index is 13.7. The predicted molar refractivity (Wildman–Crippen MR) is 129 cm³/mol. The molecule has 2 amide bonds. The van der Waals surface area contributed by atoms with Crippen LogP contribution in [0.25, 0.3) is 0 Å². The summed E-state index contributed by atoms with van der Waals surface area (Å²) in [5, 5.41) is 0. The topological polar surface area (TPSA) is 49.9 Å². The highest BCUT2D eigenvalue weighted by Gasteiger charge is 2.42. The monoisotopic (exact) mass is 442 g/mol. The number of methoxy groups -OCH3 is 1. The van der Waals surface area contributed by atoms with E-state index < -0.39 is 0 Å². The summed E-state index contributed by atoms with van der Waals surface area (Å²) in [7, 11) is 3.48. The van der Waals surface area contributed by atoms with Crippen molar-refractivity contribution in [3.05, 3.63) is 101 Å². The van der Waals surface area contributed by atoms with Crippen LogP contribution in [0, 0.1) is 12.8 Å². The van der Waals surface area contributed by atoms with Gasteiger partial charge >= 0.3 is 0 Å². The first kappa shape index (κ1) is 22.6. The Hall–Kier alpha value is -3.60. The number of likely N-dealkylation sites (tertiary alicyclic amines) is 1. The Labute approximate surface area is 195 Å². The molecule has 3 aromatic rings. The minimum atomic E-state index is -0.344. The van der Waals surface area contributed by atoms with Gasteiger partial charge in [0.1, 0.15) is 5.75 Å². The number of nitrogens with zero attached hydrogens (tertiary/aromatic N) is 2. The Morgan fingerprint density at radius 1 is 0.939 bits per heavy atom. The van der Waals surface area contributed by atoms with Gasteiger partial charge in [-0.15, -0.1) is 0 Å². The maximum Gasteiger partial charge on any atom is 0.254 e. The number of benzene rings is 3. The summed E-state index contributed by atoms with van der Waals surface area (Å²) in [6.45, 7) is 3.33. The second kappa shape index (κ2) is 9.90. The van der Waals surface area contributed by atoms with Crippen molar-refractivity contribution >= 4 is 11.8 Å². The number of para-hydroxylation sites is 1. The van der Waals surface area contributed by atoms with E-state index in [0.717, 1.165) is 22.4 Å². The maximum atomic E-state index is 13.7. The third-order valence-electron chi connectivity index (χ3n) is 6.48. The molecule has 2 atom stereocenters. The lowest BCUT2D eigenvalue weighted by Gasteiger charge is -2.25. The fraction of sp³-hybridized carbons (Fsp3) is 0.286. The Bertz CT molecular complexity index is 1130. The van der Waals surface area contributed by atoms with Crippen molar-refractivity contribution in [2.75, 3.05) is 27.2 Å². The molecule has 0 spiro atoms. The summed E-state index contributed by atoms with van der Waals surface area (Å²) < 4.78 is 5.61. The van der Waals surface area contributed by atoms with Gasteiger partial charge in [0.2, 0.25) is 5.91 Å². The zero-order chi connectivity index (χ0) is 23.4. The van der Waals surface area contributed by atoms with Gasteiger partial charge in [0, 0.05) is 38.2 Å². The van der Waals surface area contributed by atoms with Gasteiger partial charge in [-0.1, -0.05) is 66.7 Å². The molecule has 1 aliphatic rings. The number of ether oxygens (including phenoxy) is 1. The third kappa shape index (κ3) is 4.77. The van der Waals surface area contributed by atoms with E-state index in [1.54, 1.807) is 12.0 Å². The van der Waals surface area contributed by atoms with E-state index in [-0.39, 0.29) is 23.7 Å². The van der Waals surface area contributed by atoms with Crippen LogP contribution in [0.15, 0.2) is 78.9 Å². The van der Waals surface area contributed by atoms with Crippen LogP contribution >= 0.6 is 0 Å². The van der Waals surface area contributed by atoms with E-state index in [1.807, 2.05) is 97.7 Å². The molecule has 1 fully saturated rings. The average molecular weight is 443 g/mol. The normalized spacial score (nSPS) is 17.6. The fourth-order valence-corrected chi connectivity index (χ4v) is 4.71. The number of hydrogen-bond donors (Lipinski definition) is 0. The molecule has 0 saturated carbocycles. The number of carbonyl (C=O) groups excluding carboxylic acids is 2. The summed E-state index contributed by atoms with van der Waals surface area (Å²) in [6, 6.07) is 25.4. The van der Waals surface area contributed by atoms with Crippen molar-refractivity contribution in [3.8, 4) is 5.75 Å². The fourth-order valence-electron chi connectivity index (χ4n) is 4.71. The molecule has 33 heavy (non-hydrogen) atoms. The van der Waals surface area contributed by atoms with Crippen LogP contribution in [0.5, 0.6) is 5.75 Å². The molecular formula is C28H30N2O3. The van der Waals surface area contributed by atoms with Gasteiger partial charge in [0.25, 0.3) is 5.91 Å². The largest absolute Gasteiger partial charge is 0.496 e. The van der Waals surface area contributed by atoms with E-state index in [0.29, 0.717) is 25.2 Å². The minimum absolute atomic E-state index is 0.0333. The highest BCUT2D eigenvalue weighted by Crippen LogP contribution is 2.39. The van der Waals surface area contributed by atoms with E-state index >= 15 is 0 Å². The number of amides is 2. The molecule has 4 rings (SSSR count). The Balaban J connectivity index is 1.64. The molecule has 1 saturated heterocycles. The summed E-state index contributed by atoms with van der Waals surface area (Å²) in [5.41, 5.74) is 3.66. The highest BCUT2D eigenvalue weighted by molar-refractivity contribution is 5.96. The SMILES string of the molecule is COc1ccccc1C1CN(C(=O)c2ccccc2C)CC1C(=O)N(C)Cc1ccccc1. The standard InChI is InChI=1S/C28H30N2O3/c1-20-11-7-8-14-22(20)28(32)30-18-24(23-15-9-10-16-26(23)33-3)25(19-30)27(31)29(2)17-21-12-5-4-6-13-21/h4-16,24-25H,17-19H2,1-3H3. The van der Waals surface area contributed by atoms with E-state index in [2.05, 4.69) is 0 Å². The van der Waals surface area contributed by atoms with Gasteiger partial charge < -0.3 is 14.5 Å². The molecule has 0 aliphatic carbocycles. The molecule has 0 aromatic heterocycles. The van der Waals surface area contributed by atoms with E-state index in [1.165, 1.54) is 0 Å². The minimum Gasteiger partial charge on any atom is -0.496 e. The summed E-state index contributed by atoms with van der Waals surface area (Å²) >= 11 is 0. The first-order valence-electron chi connectivity index (χ1n) is 11.3. The number of aryl methyl sites for hydroxylation is 1. The van der Waals surface area contributed by atoms with Gasteiger partial charge in [-0.25, -0.2) is 0 Å². The van der Waals surface area contributed by atoms with Crippen LogP contribution in [0.2, 0.25) is 0 Å². The molecule has 0 bridgehead atoms. The molecule has 1 heterocycles. The average Bonchev–Trinajstić information content (AvgIpc) is 3.29. The second-order valence-electron chi connectivity index (χ2n) is 8.66. The van der Waals surface area contributed by atoms with Crippen LogP contribution < -0.4 is 4.74 Å².